The second-order valence-corrected chi connectivity index (χ2v) is 7.59. The smallest absolute Gasteiger partial charge is 0.322 e. The average Bonchev–Trinajstić information content (AvgIpc) is 3.36. The number of urea groups is 1. The molecule has 0 radical (unpaired) electrons. The number of carbonyl (C=O) groups is 3. The van der Waals surface area contributed by atoms with E-state index < -0.39 is 41.4 Å². The first-order valence-electron chi connectivity index (χ1n) is 8.90. The molecule has 0 spiro atoms. The Morgan fingerprint density at radius 1 is 1.14 bits per heavy atom. The Kier molecular flexibility index (Phi) is 4.53. The Balaban J connectivity index is 1.61. The standard InChI is InChI=1S/C20H16ClF2N3O3/c21-12-3-1-11(2-4-12)15-9-13(22)5-6-14(15)16(27)24-10-20(19(23)7-8-19)17(28)25-18(29)26-20/h1-6,9H,7-8,10H2,(H,24,27)(H2,25,26,28,29). The zero-order chi connectivity index (χ0) is 20.8. The van der Waals surface area contributed by atoms with Crippen LogP contribution in [0.3, 0.4) is 0 Å². The van der Waals surface area contributed by atoms with Gasteiger partial charge in [0.25, 0.3) is 11.8 Å². The minimum Gasteiger partial charge on any atom is -0.349 e. The van der Waals surface area contributed by atoms with E-state index in [-0.39, 0.29) is 18.4 Å². The fourth-order valence-electron chi connectivity index (χ4n) is 3.52. The molecule has 2 aliphatic rings. The van der Waals surface area contributed by atoms with Gasteiger partial charge in [-0.2, -0.15) is 0 Å². The van der Waals surface area contributed by atoms with Crippen molar-refractivity contribution >= 4 is 29.4 Å². The fourth-order valence-corrected chi connectivity index (χ4v) is 3.64. The summed E-state index contributed by atoms with van der Waals surface area (Å²) >= 11 is 5.88. The van der Waals surface area contributed by atoms with Gasteiger partial charge >= 0.3 is 6.03 Å². The molecule has 1 heterocycles. The Morgan fingerprint density at radius 3 is 2.41 bits per heavy atom. The number of alkyl halides is 1. The average molecular weight is 420 g/mol. The second kappa shape index (κ2) is 6.81. The van der Waals surface area contributed by atoms with Crippen LogP contribution >= 0.6 is 11.6 Å². The van der Waals surface area contributed by atoms with Crippen molar-refractivity contribution in [3.05, 3.63) is 58.9 Å². The molecule has 1 saturated heterocycles. The third kappa shape index (κ3) is 3.33. The lowest BCUT2D eigenvalue weighted by Gasteiger charge is -2.30. The molecule has 2 aromatic carbocycles. The second-order valence-electron chi connectivity index (χ2n) is 7.16. The van der Waals surface area contributed by atoms with Crippen LogP contribution in [0, 0.1) is 5.82 Å². The van der Waals surface area contributed by atoms with Gasteiger partial charge in [0.1, 0.15) is 11.5 Å². The lowest BCUT2D eigenvalue weighted by molar-refractivity contribution is -0.126. The van der Waals surface area contributed by atoms with E-state index in [0.29, 0.717) is 16.1 Å². The molecule has 6 nitrogen and oxygen atoms in total. The molecule has 150 valence electrons. The molecule has 4 amide bonds. The van der Waals surface area contributed by atoms with Crippen molar-refractivity contribution in [2.75, 3.05) is 6.54 Å². The largest absolute Gasteiger partial charge is 0.349 e. The molecule has 9 heteroatoms. The monoisotopic (exact) mass is 419 g/mol. The van der Waals surface area contributed by atoms with Crippen molar-refractivity contribution < 1.29 is 23.2 Å². The summed E-state index contributed by atoms with van der Waals surface area (Å²) in [4.78, 5) is 36.7. The van der Waals surface area contributed by atoms with Crippen LogP contribution in [0.5, 0.6) is 0 Å². The molecule has 3 N–H and O–H groups in total. The van der Waals surface area contributed by atoms with Gasteiger partial charge in [0.05, 0.1) is 6.54 Å². The van der Waals surface area contributed by atoms with Crippen molar-refractivity contribution in [2.24, 2.45) is 0 Å². The Labute approximate surface area is 169 Å². The van der Waals surface area contributed by atoms with Gasteiger partial charge in [0.15, 0.2) is 5.54 Å². The van der Waals surface area contributed by atoms with Crippen LogP contribution < -0.4 is 16.0 Å². The van der Waals surface area contributed by atoms with E-state index in [0.717, 1.165) is 6.07 Å². The van der Waals surface area contributed by atoms with E-state index in [2.05, 4.69) is 10.6 Å². The van der Waals surface area contributed by atoms with Crippen LogP contribution in [-0.2, 0) is 4.79 Å². The van der Waals surface area contributed by atoms with E-state index >= 15 is 0 Å². The third-order valence-electron chi connectivity index (χ3n) is 5.29. The summed E-state index contributed by atoms with van der Waals surface area (Å²) in [7, 11) is 0. The quantitative estimate of drug-likeness (QED) is 0.651. The highest BCUT2D eigenvalue weighted by molar-refractivity contribution is 6.30. The molecule has 1 unspecified atom stereocenters. The van der Waals surface area contributed by atoms with Crippen molar-refractivity contribution in [3.8, 4) is 11.1 Å². The first-order valence-corrected chi connectivity index (χ1v) is 9.28. The van der Waals surface area contributed by atoms with Crippen LogP contribution in [0.2, 0.25) is 5.02 Å². The molecule has 0 bridgehead atoms. The van der Waals surface area contributed by atoms with Crippen LogP contribution in [0.15, 0.2) is 42.5 Å². The Hall–Kier alpha value is -3.00. The molecule has 1 aliphatic carbocycles. The highest BCUT2D eigenvalue weighted by atomic mass is 35.5. The van der Waals surface area contributed by atoms with Gasteiger partial charge in [-0.1, -0.05) is 23.7 Å². The van der Waals surface area contributed by atoms with Crippen LogP contribution in [0.4, 0.5) is 13.6 Å². The Bertz CT molecular complexity index is 1020. The normalized spacial score (nSPS) is 22.0. The number of nitrogens with one attached hydrogen (secondary N) is 3. The maximum atomic E-state index is 14.9. The van der Waals surface area contributed by atoms with Crippen LogP contribution in [-0.4, -0.2) is 35.6 Å². The number of hydrogen-bond acceptors (Lipinski definition) is 3. The summed E-state index contributed by atoms with van der Waals surface area (Å²) in [6, 6.07) is 9.32. The molecule has 0 aromatic heterocycles. The summed E-state index contributed by atoms with van der Waals surface area (Å²) in [6.07, 6.45) is 0.201. The maximum Gasteiger partial charge on any atom is 0.322 e. The topological polar surface area (TPSA) is 87.3 Å². The molecular formula is C20H16ClF2N3O3. The number of amides is 4. The van der Waals surface area contributed by atoms with Gasteiger partial charge < -0.3 is 10.6 Å². The highest BCUT2D eigenvalue weighted by Gasteiger charge is 2.68. The van der Waals surface area contributed by atoms with E-state index in [1.54, 1.807) is 24.3 Å². The number of rotatable bonds is 5. The number of halogens is 3. The van der Waals surface area contributed by atoms with Crippen molar-refractivity contribution in [1.29, 1.82) is 0 Å². The zero-order valence-corrected chi connectivity index (χ0v) is 15.8. The van der Waals surface area contributed by atoms with Gasteiger partial charge in [-0.05, 0) is 54.3 Å². The highest BCUT2D eigenvalue weighted by Crippen LogP contribution is 2.49. The van der Waals surface area contributed by atoms with Gasteiger partial charge in [-0.3, -0.25) is 14.9 Å². The molecule has 2 aromatic rings. The predicted octanol–water partition coefficient (Wildman–Crippen LogP) is 2.96. The van der Waals surface area contributed by atoms with Crippen molar-refractivity contribution in [3.63, 3.8) is 0 Å². The third-order valence-corrected chi connectivity index (χ3v) is 5.54. The summed E-state index contributed by atoms with van der Waals surface area (Å²) < 4.78 is 28.7. The van der Waals surface area contributed by atoms with E-state index in [4.69, 9.17) is 11.6 Å². The molecule has 29 heavy (non-hydrogen) atoms. The molecular weight excluding hydrogens is 404 g/mol. The minimum absolute atomic E-state index is 0.100. The predicted molar refractivity (Wildman–Crippen MR) is 102 cm³/mol. The number of carbonyl (C=O) groups excluding carboxylic acids is 3. The lowest BCUT2D eigenvalue weighted by Crippen LogP contribution is -2.62. The molecule has 1 saturated carbocycles. The number of benzene rings is 2. The fraction of sp³-hybridized carbons (Fsp3) is 0.250. The summed E-state index contributed by atoms with van der Waals surface area (Å²) in [5.74, 6) is -1.99. The summed E-state index contributed by atoms with van der Waals surface area (Å²) in [5.41, 5.74) is -2.77. The molecule has 4 rings (SSSR count). The molecule has 1 atom stereocenters. The van der Waals surface area contributed by atoms with Crippen molar-refractivity contribution in [2.45, 2.75) is 24.0 Å². The summed E-state index contributed by atoms with van der Waals surface area (Å²) in [5, 5.41) is 7.35. The maximum absolute atomic E-state index is 14.9. The zero-order valence-electron chi connectivity index (χ0n) is 15.0. The first-order chi connectivity index (χ1) is 13.7. The van der Waals surface area contributed by atoms with E-state index in [1.165, 1.54) is 12.1 Å². The van der Waals surface area contributed by atoms with Gasteiger partial charge in [0.2, 0.25) is 0 Å². The van der Waals surface area contributed by atoms with Crippen LogP contribution in [0.25, 0.3) is 11.1 Å². The van der Waals surface area contributed by atoms with Gasteiger partial charge in [0, 0.05) is 10.6 Å². The summed E-state index contributed by atoms with van der Waals surface area (Å²) in [6.45, 7) is -0.433. The minimum atomic E-state index is -1.92. The molecule has 1 aliphatic heterocycles. The van der Waals surface area contributed by atoms with E-state index in [1.807, 2.05) is 5.32 Å². The Morgan fingerprint density at radius 2 is 1.83 bits per heavy atom. The SMILES string of the molecule is O=C1NC(=O)C(CNC(=O)c2ccc(F)cc2-c2ccc(Cl)cc2)(C2(F)CC2)N1. The van der Waals surface area contributed by atoms with Crippen molar-refractivity contribution in [1.82, 2.24) is 16.0 Å². The number of hydrogen-bond donors (Lipinski definition) is 3. The van der Waals surface area contributed by atoms with Crippen LogP contribution in [0.1, 0.15) is 23.2 Å². The first kappa shape index (κ1) is 19.3. The van der Waals surface area contributed by atoms with E-state index in [9.17, 15) is 23.2 Å². The van der Waals surface area contributed by atoms with Gasteiger partial charge in [-0.15, -0.1) is 0 Å². The van der Waals surface area contributed by atoms with Gasteiger partial charge in [-0.25, -0.2) is 13.6 Å². The lowest BCUT2D eigenvalue weighted by atomic mass is 9.90. The molecule has 2 fully saturated rings. The number of imide groups is 1.